The molecule has 0 bridgehead atoms. The van der Waals surface area contributed by atoms with Gasteiger partial charge in [-0.2, -0.15) is 0 Å². The fourth-order valence-corrected chi connectivity index (χ4v) is 4.68. The van der Waals surface area contributed by atoms with Crippen LogP contribution in [0.1, 0.15) is 42.6 Å². The van der Waals surface area contributed by atoms with E-state index in [0.717, 1.165) is 11.3 Å². The molecule has 2 aromatic carbocycles. The zero-order chi connectivity index (χ0) is 24.4. The summed E-state index contributed by atoms with van der Waals surface area (Å²) >= 11 is 0. The van der Waals surface area contributed by atoms with Crippen molar-refractivity contribution in [2.45, 2.75) is 39.2 Å². The molecule has 9 nitrogen and oxygen atoms in total. The van der Waals surface area contributed by atoms with Gasteiger partial charge in [-0.25, -0.2) is 0 Å². The Morgan fingerprint density at radius 2 is 1.76 bits per heavy atom. The molecule has 2 aromatic rings. The first-order valence-corrected chi connectivity index (χ1v) is 11.4. The zero-order valence-electron chi connectivity index (χ0n) is 19.2. The average molecular weight is 466 g/mol. The quantitative estimate of drug-likeness (QED) is 0.278. The van der Waals surface area contributed by atoms with Crippen LogP contribution < -0.4 is 9.80 Å². The van der Waals surface area contributed by atoms with Crippen LogP contribution >= 0.6 is 0 Å². The molecule has 1 fully saturated rings. The maximum Gasteiger partial charge on any atom is 0.309 e. The summed E-state index contributed by atoms with van der Waals surface area (Å²) in [4.78, 5) is 51.8. The number of ketones is 1. The first-order valence-electron chi connectivity index (χ1n) is 11.4. The number of rotatable bonds is 6. The standard InChI is InChI=1S/C25H27N3O6/c1-16(24(30)20-7-8-21-19(15-20)11-14-27(21)17(2)29)34-25(31)18-9-12-26(13-10-18)22-5-3-4-6-23(22)28(32)33/h3-8,15-16,18H,9-14H2,1-2H3/t16-/m0/s1. The third-order valence-electron chi connectivity index (χ3n) is 6.55. The van der Waals surface area contributed by atoms with Crippen molar-refractivity contribution in [2.24, 2.45) is 5.92 Å². The van der Waals surface area contributed by atoms with Crippen LogP contribution in [-0.4, -0.2) is 48.3 Å². The van der Waals surface area contributed by atoms with Gasteiger partial charge in [-0.15, -0.1) is 0 Å². The molecule has 0 aromatic heterocycles. The fraction of sp³-hybridized carbons (Fsp3) is 0.400. The Kier molecular flexibility index (Phi) is 6.63. The lowest BCUT2D eigenvalue weighted by molar-refractivity contribution is -0.384. The normalized spacial score (nSPS) is 16.6. The Balaban J connectivity index is 1.34. The summed E-state index contributed by atoms with van der Waals surface area (Å²) in [6.07, 6.45) is 0.739. The van der Waals surface area contributed by atoms with Crippen LogP contribution in [0.2, 0.25) is 0 Å². The van der Waals surface area contributed by atoms with Crippen LogP contribution in [0.5, 0.6) is 0 Å². The van der Waals surface area contributed by atoms with E-state index in [9.17, 15) is 24.5 Å². The fourth-order valence-electron chi connectivity index (χ4n) is 4.68. The highest BCUT2D eigenvalue weighted by Crippen LogP contribution is 2.32. The van der Waals surface area contributed by atoms with Gasteiger partial charge >= 0.3 is 5.97 Å². The topological polar surface area (TPSA) is 110 Å². The molecule has 1 atom stereocenters. The first-order chi connectivity index (χ1) is 16.3. The molecule has 0 saturated carbocycles. The largest absolute Gasteiger partial charge is 0.454 e. The first kappa shape index (κ1) is 23.4. The van der Waals surface area contributed by atoms with Crippen LogP contribution in [-0.2, 0) is 20.7 Å². The van der Waals surface area contributed by atoms with E-state index in [0.29, 0.717) is 50.1 Å². The van der Waals surface area contributed by atoms with Gasteiger partial charge in [-0.1, -0.05) is 12.1 Å². The molecule has 34 heavy (non-hydrogen) atoms. The number of ether oxygens (including phenoxy) is 1. The van der Waals surface area contributed by atoms with Gasteiger partial charge in [0.2, 0.25) is 11.7 Å². The molecule has 178 valence electrons. The van der Waals surface area contributed by atoms with Crippen LogP contribution in [0.25, 0.3) is 0 Å². The number of nitrogens with zero attached hydrogens (tertiary/aromatic N) is 3. The molecule has 2 aliphatic heterocycles. The van der Waals surface area contributed by atoms with Crippen molar-refractivity contribution in [1.29, 1.82) is 0 Å². The third-order valence-corrected chi connectivity index (χ3v) is 6.55. The van der Waals surface area contributed by atoms with Gasteiger partial charge in [-0.3, -0.25) is 24.5 Å². The van der Waals surface area contributed by atoms with Gasteiger partial charge < -0.3 is 14.5 Å². The number of carbonyl (C=O) groups excluding carboxylic acids is 3. The summed E-state index contributed by atoms with van der Waals surface area (Å²) < 4.78 is 5.51. The second-order valence-corrected chi connectivity index (χ2v) is 8.71. The zero-order valence-corrected chi connectivity index (χ0v) is 19.2. The minimum atomic E-state index is -0.927. The summed E-state index contributed by atoms with van der Waals surface area (Å²) in [6, 6.07) is 11.8. The number of hydrogen-bond acceptors (Lipinski definition) is 7. The van der Waals surface area contributed by atoms with Crippen molar-refractivity contribution in [3.63, 3.8) is 0 Å². The highest BCUT2D eigenvalue weighted by atomic mass is 16.6. The van der Waals surface area contributed by atoms with Crippen molar-refractivity contribution < 1.29 is 24.0 Å². The monoisotopic (exact) mass is 465 g/mol. The molecule has 9 heteroatoms. The SMILES string of the molecule is CC(=O)N1CCc2cc(C(=O)[C@H](C)OC(=O)C3CCN(c4ccccc4[N+](=O)[O-])CC3)ccc21. The van der Waals surface area contributed by atoms with Crippen molar-refractivity contribution >= 4 is 34.7 Å². The molecule has 0 radical (unpaired) electrons. The molecular formula is C25H27N3O6. The van der Waals surface area contributed by atoms with Crippen LogP contribution in [0.3, 0.4) is 0 Å². The molecular weight excluding hydrogens is 438 g/mol. The van der Waals surface area contributed by atoms with E-state index in [1.807, 2.05) is 4.90 Å². The van der Waals surface area contributed by atoms with E-state index in [2.05, 4.69) is 0 Å². The second-order valence-electron chi connectivity index (χ2n) is 8.71. The molecule has 0 spiro atoms. The lowest BCUT2D eigenvalue weighted by atomic mass is 9.96. The Morgan fingerprint density at radius 3 is 2.44 bits per heavy atom. The van der Waals surface area contributed by atoms with E-state index < -0.39 is 17.0 Å². The van der Waals surface area contributed by atoms with E-state index >= 15 is 0 Å². The van der Waals surface area contributed by atoms with Crippen molar-refractivity contribution in [3.05, 3.63) is 63.7 Å². The van der Waals surface area contributed by atoms with Crippen LogP contribution in [0.4, 0.5) is 17.1 Å². The number of piperidine rings is 1. The Bertz CT molecular complexity index is 1140. The maximum absolute atomic E-state index is 12.9. The van der Waals surface area contributed by atoms with Crippen LogP contribution in [0, 0.1) is 16.0 Å². The number of amides is 1. The number of anilines is 2. The molecule has 0 N–H and O–H groups in total. The van der Waals surface area contributed by atoms with E-state index in [-0.39, 0.29) is 23.3 Å². The van der Waals surface area contributed by atoms with Gasteiger partial charge in [-0.05, 0) is 56.0 Å². The van der Waals surface area contributed by atoms with Gasteiger partial charge in [0.15, 0.2) is 6.10 Å². The number of benzene rings is 2. The highest BCUT2D eigenvalue weighted by Gasteiger charge is 2.31. The van der Waals surface area contributed by atoms with Gasteiger partial charge in [0.05, 0.1) is 10.8 Å². The smallest absolute Gasteiger partial charge is 0.309 e. The number of fused-ring (bicyclic) bond motifs is 1. The second kappa shape index (κ2) is 9.62. The van der Waals surface area contributed by atoms with Gasteiger partial charge in [0, 0.05) is 43.9 Å². The van der Waals surface area contributed by atoms with E-state index in [1.54, 1.807) is 48.2 Å². The molecule has 0 aliphatic carbocycles. The minimum absolute atomic E-state index is 0.0342. The van der Waals surface area contributed by atoms with E-state index in [1.165, 1.54) is 13.0 Å². The third kappa shape index (κ3) is 4.64. The highest BCUT2D eigenvalue weighted by molar-refractivity contribution is 6.02. The summed E-state index contributed by atoms with van der Waals surface area (Å²) in [7, 11) is 0. The summed E-state index contributed by atoms with van der Waals surface area (Å²) in [5, 5.41) is 11.3. The van der Waals surface area contributed by atoms with Gasteiger partial charge in [0.1, 0.15) is 5.69 Å². The minimum Gasteiger partial charge on any atom is -0.454 e. The lowest BCUT2D eigenvalue weighted by Gasteiger charge is -2.32. The molecule has 1 amide bonds. The number of para-hydroxylation sites is 2. The number of esters is 1. The summed E-state index contributed by atoms with van der Waals surface area (Å²) in [6.45, 7) is 4.66. The Labute approximate surface area is 197 Å². The van der Waals surface area contributed by atoms with Crippen molar-refractivity contribution in [1.82, 2.24) is 0 Å². The van der Waals surface area contributed by atoms with Gasteiger partial charge in [0.25, 0.3) is 5.69 Å². The Morgan fingerprint density at radius 1 is 1.06 bits per heavy atom. The van der Waals surface area contributed by atoms with Crippen LogP contribution in [0.15, 0.2) is 42.5 Å². The summed E-state index contributed by atoms with van der Waals surface area (Å²) in [5.74, 6) is -1.10. The Hall–Kier alpha value is -3.75. The number of nitro benzene ring substituents is 1. The molecule has 2 aliphatic rings. The summed E-state index contributed by atoms with van der Waals surface area (Å²) in [5.41, 5.74) is 2.79. The predicted octanol–water partition coefficient (Wildman–Crippen LogP) is 3.53. The lowest BCUT2D eigenvalue weighted by Crippen LogP contribution is -2.38. The van der Waals surface area contributed by atoms with E-state index in [4.69, 9.17) is 4.74 Å². The predicted molar refractivity (Wildman–Crippen MR) is 126 cm³/mol. The number of carbonyl (C=O) groups is 3. The number of hydrogen-bond donors (Lipinski definition) is 0. The molecule has 4 rings (SSSR count). The molecule has 2 heterocycles. The number of nitro groups is 1. The number of Topliss-reactive ketones (excluding diaryl/α,β-unsaturated/α-hetero) is 1. The molecule has 1 saturated heterocycles. The maximum atomic E-state index is 12.9. The van der Waals surface area contributed by atoms with Crippen molar-refractivity contribution in [3.8, 4) is 0 Å². The molecule has 0 unspecified atom stereocenters. The van der Waals surface area contributed by atoms with Crippen molar-refractivity contribution in [2.75, 3.05) is 29.4 Å². The average Bonchev–Trinajstić information content (AvgIpc) is 3.27.